The van der Waals surface area contributed by atoms with Crippen molar-refractivity contribution in [3.8, 4) is 0 Å². The molecule has 0 heterocycles. The summed E-state index contributed by atoms with van der Waals surface area (Å²) < 4.78 is 25.2. The van der Waals surface area contributed by atoms with E-state index < -0.39 is 11.6 Å². The molecule has 0 radical (unpaired) electrons. The van der Waals surface area contributed by atoms with Gasteiger partial charge >= 0.3 is 0 Å². The van der Waals surface area contributed by atoms with E-state index in [1.165, 1.54) is 18.2 Å². The van der Waals surface area contributed by atoms with E-state index in [1.807, 2.05) is 0 Å². The third kappa shape index (κ3) is 1.32. The zero-order valence-electron chi connectivity index (χ0n) is 5.27. The third-order valence-corrected chi connectivity index (χ3v) is 1.67. The predicted octanol–water partition coefficient (Wildman–Crippen LogP) is 2.34. The van der Waals surface area contributed by atoms with Crippen molar-refractivity contribution in [2.45, 2.75) is 6.16 Å². The number of benzene rings is 1. The molecule has 1 aromatic rings. The van der Waals surface area contributed by atoms with Gasteiger partial charge in [0.2, 0.25) is 0 Å². The van der Waals surface area contributed by atoms with Crippen LogP contribution < -0.4 is 0 Å². The van der Waals surface area contributed by atoms with Crippen molar-refractivity contribution >= 4 is 9.24 Å². The van der Waals surface area contributed by atoms with Crippen LogP contribution in [0.5, 0.6) is 0 Å². The molecule has 0 aromatic heterocycles. The van der Waals surface area contributed by atoms with Crippen molar-refractivity contribution in [3.05, 3.63) is 35.4 Å². The summed E-state index contributed by atoms with van der Waals surface area (Å²) >= 11 is 0. The Kier molecular flexibility index (Phi) is 2.34. The molecule has 0 aliphatic heterocycles. The third-order valence-electron chi connectivity index (χ3n) is 1.27. The molecule has 0 spiro atoms. The molecular formula is C7H7F2P. The van der Waals surface area contributed by atoms with Crippen LogP contribution in [0.15, 0.2) is 18.2 Å². The zero-order valence-corrected chi connectivity index (χ0v) is 6.43. The van der Waals surface area contributed by atoms with Crippen molar-refractivity contribution in [2.75, 3.05) is 0 Å². The van der Waals surface area contributed by atoms with E-state index in [0.717, 1.165) is 0 Å². The van der Waals surface area contributed by atoms with Gasteiger partial charge in [0.15, 0.2) is 0 Å². The maximum absolute atomic E-state index is 12.6. The highest BCUT2D eigenvalue weighted by Gasteiger charge is 2.03. The average Bonchev–Trinajstić information content (AvgIpc) is 1.88. The molecule has 0 saturated heterocycles. The minimum absolute atomic E-state index is 0.132. The maximum Gasteiger partial charge on any atom is 0.129 e. The minimum Gasteiger partial charge on any atom is -0.207 e. The van der Waals surface area contributed by atoms with Crippen LogP contribution in [0, 0.1) is 11.6 Å². The van der Waals surface area contributed by atoms with Crippen LogP contribution in [0.1, 0.15) is 5.56 Å². The van der Waals surface area contributed by atoms with E-state index >= 15 is 0 Å². The molecule has 0 aliphatic carbocycles. The van der Waals surface area contributed by atoms with Crippen LogP contribution in [-0.4, -0.2) is 0 Å². The van der Waals surface area contributed by atoms with Crippen molar-refractivity contribution < 1.29 is 8.78 Å². The Morgan fingerprint density at radius 3 is 2.00 bits per heavy atom. The van der Waals surface area contributed by atoms with Gasteiger partial charge in [0.05, 0.1) is 0 Å². The molecule has 1 rings (SSSR count). The second kappa shape index (κ2) is 3.07. The van der Waals surface area contributed by atoms with Crippen LogP contribution in [0.4, 0.5) is 8.78 Å². The molecule has 0 saturated carbocycles. The van der Waals surface area contributed by atoms with Gasteiger partial charge in [-0.2, -0.15) is 0 Å². The Balaban J connectivity index is 3.17. The summed E-state index contributed by atoms with van der Waals surface area (Å²) in [6.45, 7) is 0. The molecule has 3 heteroatoms. The van der Waals surface area contributed by atoms with Crippen LogP contribution in [-0.2, 0) is 6.16 Å². The SMILES string of the molecule is Fc1cccc(F)c1CP. The molecule has 1 unspecified atom stereocenters. The van der Waals surface area contributed by atoms with E-state index in [1.54, 1.807) is 0 Å². The van der Waals surface area contributed by atoms with Gasteiger partial charge < -0.3 is 0 Å². The van der Waals surface area contributed by atoms with Crippen molar-refractivity contribution in [2.24, 2.45) is 0 Å². The second-order valence-electron chi connectivity index (χ2n) is 1.90. The number of rotatable bonds is 1. The Hall–Kier alpha value is -0.490. The fraction of sp³-hybridized carbons (Fsp3) is 0.143. The summed E-state index contributed by atoms with van der Waals surface area (Å²) in [7, 11) is 2.28. The number of hydrogen-bond donors (Lipinski definition) is 0. The largest absolute Gasteiger partial charge is 0.207 e. The van der Waals surface area contributed by atoms with E-state index in [2.05, 4.69) is 9.24 Å². The highest BCUT2D eigenvalue weighted by Crippen LogP contribution is 2.14. The van der Waals surface area contributed by atoms with Gasteiger partial charge in [0.25, 0.3) is 0 Å². The molecule has 0 amide bonds. The predicted molar refractivity (Wildman–Crippen MR) is 39.8 cm³/mol. The minimum atomic E-state index is -0.477. The Labute approximate surface area is 60.5 Å². The van der Waals surface area contributed by atoms with E-state index in [0.29, 0.717) is 6.16 Å². The summed E-state index contributed by atoms with van der Waals surface area (Å²) in [5.74, 6) is -0.954. The van der Waals surface area contributed by atoms with Crippen LogP contribution in [0.3, 0.4) is 0 Å². The fourth-order valence-electron chi connectivity index (χ4n) is 0.727. The molecule has 1 atom stereocenters. The molecular weight excluding hydrogens is 153 g/mol. The highest BCUT2D eigenvalue weighted by molar-refractivity contribution is 7.15. The zero-order chi connectivity index (χ0) is 7.56. The molecule has 0 aliphatic rings. The van der Waals surface area contributed by atoms with Gasteiger partial charge in [-0.15, -0.1) is 9.24 Å². The fourth-order valence-corrected chi connectivity index (χ4v) is 1.12. The summed E-state index contributed by atoms with van der Waals surface area (Å²) in [6.07, 6.45) is 0.318. The Bertz CT molecular complexity index is 215. The number of hydrogen-bond acceptors (Lipinski definition) is 0. The Morgan fingerprint density at radius 1 is 1.20 bits per heavy atom. The quantitative estimate of drug-likeness (QED) is 0.553. The van der Waals surface area contributed by atoms with E-state index in [9.17, 15) is 8.78 Å². The lowest BCUT2D eigenvalue weighted by Gasteiger charge is -1.98. The summed E-state index contributed by atoms with van der Waals surface area (Å²) in [5.41, 5.74) is 0.132. The highest BCUT2D eigenvalue weighted by atomic mass is 31.0. The second-order valence-corrected chi connectivity index (χ2v) is 2.31. The van der Waals surface area contributed by atoms with Gasteiger partial charge in [-0.3, -0.25) is 0 Å². The first-order valence-electron chi connectivity index (χ1n) is 2.88. The van der Waals surface area contributed by atoms with Gasteiger partial charge in [-0.1, -0.05) is 6.07 Å². The lowest BCUT2D eigenvalue weighted by molar-refractivity contribution is 0.566. The standard InChI is InChI=1S/C7H7F2P/c8-6-2-1-3-7(9)5(6)4-10/h1-3H,4,10H2. The molecule has 54 valence electrons. The van der Waals surface area contributed by atoms with Gasteiger partial charge in [-0.05, 0) is 18.3 Å². The first-order chi connectivity index (χ1) is 4.75. The van der Waals surface area contributed by atoms with Gasteiger partial charge in [0, 0.05) is 5.56 Å². The van der Waals surface area contributed by atoms with Gasteiger partial charge in [-0.25, -0.2) is 8.78 Å². The van der Waals surface area contributed by atoms with Crippen LogP contribution in [0.2, 0.25) is 0 Å². The lowest BCUT2D eigenvalue weighted by Crippen LogP contribution is -1.89. The smallest absolute Gasteiger partial charge is 0.129 e. The molecule has 0 fully saturated rings. The number of halogens is 2. The van der Waals surface area contributed by atoms with Gasteiger partial charge in [0.1, 0.15) is 11.6 Å². The topological polar surface area (TPSA) is 0 Å². The molecule has 0 bridgehead atoms. The summed E-state index contributed by atoms with van der Waals surface area (Å²) in [4.78, 5) is 0. The van der Waals surface area contributed by atoms with E-state index in [-0.39, 0.29) is 5.56 Å². The van der Waals surface area contributed by atoms with E-state index in [4.69, 9.17) is 0 Å². The molecule has 0 N–H and O–H groups in total. The molecule has 10 heavy (non-hydrogen) atoms. The maximum atomic E-state index is 12.6. The van der Waals surface area contributed by atoms with Crippen LogP contribution >= 0.6 is 9.24 Å². The van der Waals surface area contributed by atoms with Crippen LogP contribution in [0.25, 0.3) is 0 Å². The lowest BCUT2D eigenvalue weighted by atomic mass is 10.2. The van der Waals surface area contributed by atoms with Crippen molar-refractivity contribution in [1.82, 2.24) is 0 Å². The molecule has 1 aromatic carbocycles. The van der Waals surface area contributed by atoms with Crippen molar-refractivity contribution in [1.29, 1.82) is 0 Å². The normalized spacial score (nSPS) is 9.90. The Morgan fingerprint density at radius 2 is 1.70 bits per heavy atom. The first-order valence-corrected chi connectivity index (χ1v) is 3.70. The van der Waals surface area contributed by atoms with Crippen molar-refractivity contribution in [3.63, 3.8) is 0 Å². The summed E-state index contributed by atoms with van der Waals surface area (Å²) in [6, 6.07) is 3.86. The monoisotopic (exact) mass is 160 g/mol. The first kappa shape index (κ1) is 7.62. The molecule has 0 nitrogen and oxygen atoms in total. The average molecular weight is 160 g/mol. The summed E-state index contributed by atoms with van der Waals surface area (Å²) in [5, 5.41) is 0.